The predicted octanol–water partition coefficient (Wildman–Crippen LogP) is 4.74. The van der Waals surface area contributed by atoms with Crippen molar-refractivity contribution in [2.75, 3.05) is 55.8 Å². The van der Waals surface area contributed by atoms with Crippen molar-refractivity contribution in [2.24, 2.45) is 5.92 Å². The van der Waals surface area contributed by atoms with Crippen molar-refractivity contribution in [1.29, 1.82) is 0 Å². The number of aromatic nitrogens is 3. The molecule has 8 nitrogen and oxygen atoms in total. The zero-order valence-corrected chi connectivity index (χ0v) is 21.3. The Balaban J connectivity index is 0.00000148. The molecule has 0 aliphatic carbocycles. The average Bonchev–Trinajstić information content (AvgIpc) is 3.44. The molecule has 4 heterocycles. The van der Waals surface area contributed by atoms with E-state index in [0.717, 1.165) is 50.2 Å². The summed E-state index contributed by atoms with van der Waals surface area (Å²) in [6, 6.07) is 5.86. The highest BCUT2D eigenvalue weighted by Gasteiger charge is 2.23. The van der Waals surface area contributed by atoms with Crippen LogP contribution in [0.15, 0.2) is 29.6 Å². The molecule has 0 atom stereocenters. The molecule has 0 amide bonds. The number of hydrogen-bond donors (Lipinski definition) is 1. The van der Waals surface area contributed by atoms with Gasteiger partial charge in [-0.2, -0.15) is 4.39 Å². The lowest BCUT2D eigenvalue weighted by Crippen LogP contribution is -2.36. The molecule has 1 N–H and O–H groups in total. The molecule has 2 fully saturated rings. The monoisotopic (exact) mass is 519 g/mol. The van der Waals surface area contributed by atoms with Crippen molar-refractivity contribution in [1.82, 2.24) is 15.2 Å². The van der Waals surface area contributed by atoms with Gasteiger partial charge in [-0.05, 0) is 37.0 Å². The fraction of sp³-hybridized carbons (Fsp3) is 0.480. The normalized spacial score (nSPS) is 16.5. The molecule has 2 aromatic heterocycles. The van der Waals surface area contributed by atoms with E-state index in [-0.39, 0.29) is 18.2 Å². The number of rotatable bonds is 6. The largest absolute Gasteiger partial charge is 0.434 e. The van der Waals surface area contributed by atoms with Crippen LogP contribution < -0.4 is 14.5 Å². The van der Waals surface area contributed by atoms with Gasteiger partial charge in [0.15, 0.2) is 22.5 Å². The lowest BCUT2D eigenvalue weighted by molar-refractivity contribution is 0.122. The number of aliphatic hydroxyl groups is 1. The molecule has 2 aliphatic rings. The van der Waals surface area contributed by atoms with Crippen LogP contribution in [0.3, 0.4) is 0 Å². The van der Waals surface area contributed by atoms with Gasteiger partial charge in [0, 0.05) is 49.8 Å². The first-order valence-electron chi connectivity index (χ1n) is 12.3. The van der Waals surface area contributed by atoms with Crippen LogP contribution >= 0.6 is 11.3 Å². The second kappa shape index (κ2) is 12.4. The minimum atomic E-state index is -1.10. The third-order valence-corrected chi connectivity index (χ3v) is 7.03. The minimum Gasteiger partial charge on any atom is -0.434 e. The van der Waals surface area contributed by atoms with Crippen LogP contribution in [0, 0.1) is 17.6 Å². The highest BCUT2D eigenvalue weighted by atomic mass is 32.1. The molecule has 0 unspecified atom stereocenters. The van der Waals surface area contributed by atoms with Gasteiger partial charge in [0.1, 0.15) is 0 Å². The molecule has 0 radical (unpaired) electrons. The molecular weight excluding hydrogens is 488 g/mol. The third-order valence-electron chi connectivity index (χ3n) is 6.13. The van der Waals surface area contributed by atoms with Crippen molar-refractivity contribution in [3.05, 3.63) is 41.3 Å². The Morgan fingerprint density at radius 3 is 2.44 bits per heavy atom. The van der Waals surface area contributed by atoms with Crippen LogP contribution in [0.25, 0.3) is 11.3 Å². The van der Waals surface area contributed by atoms with Crippen LogP contribution in [-0.4, -0.2) is 66.3 Å². The van der Waals surface area contributed by atoms with Gasteiger partial charge in [0.2, 0.25) is 11.7 Å². The number of thiazole rings is 1. The number of benzene rings is 1. The molecule has 0 saturated carbocycles. The molecule has 3 aromatic rings. The fourth-order valence-electron chi connectivity index (χ4n) is 4.11. The first kappa shape index (κ1) is 26.2. The Morgan fingerprint density at radius 2 is 1.78 bits per heavy atom. The van der Waals surface area contributed by atoms with Crippen molar-refractivity contribution >= 4 is 22.3 Å². The van der Waals surface area contributed by atoms with Gasteiger partial charge in [-0.25, -0.2) is 9.37 Å². The van der Waals surface area contributed by atoms with Gasteiger partial charge < -0.3 is 24.4 Å². The number of ether oxygens (including phenoxy) is 2. The summed E-state index contributed by atoms with van der Waals surface area (Å²) >= 11 is 1.43. The molecular formula is C25H31F2N5O3S. The standard InChI is InChI=1S/C23H25F2N5O3S.C2H6/c24-17-2-1-16(18-14-34-23(26-18)30-9-11-32-12-10-30)22(21(17)25)33-20-4-3-19(27-28-20)29-7-5-15(13-31)6-8-29;1-2/h1-4,14-15,31H,5-13H2;1-2H3. The summed E-state index contributed by atoms with van der Waals surface area (Å²) in [4.78, 5) is 8.81. The fourth-order valence-corrected chi connectivity index (χ4v) is 4.99. The Hall–Kier alpha value is -2.89. The summed E-state index contributed by atoms with van der Waals surface area (Å²) in [6.07, 6.45) is 1.77. The first-order chi connectivity index (χ1) is 17.6. The summed E-state index contributed by atoms with van der Waals surface area (Å²) in [5.74, 6) is -1.34. The SMILES string of the molecule is CC.OCC1CCN(c2ccc(Oc3c(-c4csc(N5CCOCC5)n4)ccc(F)c3F)nn2)CC1. The molecule has 2 saturated heterocycles. The van der Waals surface area contributed by atoms with Crippen LogP contribution in [0.1, 0.15) is 26.7 Å². The second-order valence-corrected chi connectivity index (χ2v) is 9.13. The second-order valence-electron chi connectivity index (χ2n) is 8.30. The molecule has 5 rings (SSSR count). The first-order valence-corrected chi connectivity index (χ1v) is 13.1. The number of hydrogen-bond acceptors (Lipinski definition) is 9. The van der Waals surface area contributed by atoms with E-state index in [1.54, 1.807) is 17.5 Å². The van der Waals surface area contributed by atoms with E-state index in [4.69, 9.17) is 9.47 Å². The van der Waals surface area contributed by atoms with Crippen LogP contribution in [-0.2, 0) is 4.74 Å². The van der Waals surface area contributed by atoms with E-state index in [0.29, 0.717) is 36.2 Å². The van der Waals surface area contributed by atoms with Gasteiger partial charge in [0.05, 0.1) is 18.9 Å². The lowest BCUT2D eigenvalue weighted by atomic mass is 9.98. The zero-order valence-electron chi connectivity index (χ0n) is 20.5. The number of piperidine rings is 1. The quantitative estimate of drug-likeness (QED) is 0.500. The van der Waals surface area contributed by atoms with E-state index < -0.39 is 11.6 Å². The van der Waals surface area contributed by atoms with Gasteiger partial charge >= 0.3 is 0 Å². The molecule has 2 aliphatic heterocycles. The van der Waals surface area contributed by atoms with E-state index in [1.807, 2.05) is 13.8 Å². The topological polar surface area (TPSA) is 83.8 Å². The third kappa shape index (κ3) is 5.91. The van der Waals surface area contributed by atoms with Gasteiger partial charge in [-0.1, -0.05) is 13.8 Å². The van der Waals surface area contributed by atoms with Crippen molar-refractivity contribution < 1.29 is 23.4 Å². The number of nitrogens with zero attached hydrogens (tertiary/aromatic N) is 5. The molecule has 0 spiro atoms. The molecule has 0 bridgehead atoms. The van der Waals surface area contributed by atoms with Crippen LogP contribution in [0.5, 0.6) is 11.6 Å². The predicted molar refractivity (Wildman–Crippen MR) is 136 cm³/mol. The zero-order chi connectivity index (χ0) is 25.5. The van der Waals surface area contributed by atoms with Crippen molar-refractivity contribution in [3.63, 3.8) is 0 Å². The summed E-state index contributed by atoms with van der Waals surface area (Å²) in [6.45, 7) is 8.46. The van der Waals surface area contributed by atoms with Crippen LogP contribution in [0.2, 0.25) is 0 Å². The van der Waals surface area contributed by atoms with Crippen molar-refractivity contribution in [3.8, 4) is 22.9 Å². The van der Waals surface area contributed by atoms with E-state index in [1.165, 1.54) is 17.4 Å². The number of aliphatic hydroxyl groups excluding tert-OH is 1. The molecule has 11 heteroatoms. The molecule has 1 aromatic carbocycles. The summed E-state index contributed by atoms with van der Waals surface area (Å²) < 4.78 is 40.0. The highest BCUT2D eigenvalue weighted by Crippen LogP contribution is 2.38. The molecule has 36 heavy (non-hydrogen) atoms. The number of halogens is 2. The summed E-state index contributed by atoms with van der Waals surface area (Å²) in [7, 11) is 0. The van der Waals surface area contributed by atoms with Gasteiger partial charge in [0.25, 0.3) is 0 Å². The van der Waals surface area contributed by atoms with Crippen LogP contribution in [0.4, 0.5) is 19.7 Å². The Bertz CT molecular complexity index is 1120. The number of anilines is 2. The van der Waals surface area contributed by atoms with Crippen molar-refractivity contribution in [2.45, 2.75) is 26.7 Å². The maximum Gasteiger partial charge on any atom is 0.239 e. The maximum atomic E-state index is 14.8. The highest BCUT2D eigenvalue weighted by molar-refractivity contribution is 7.14. The molecule has 194 valence electrons. The maximum absolute atomic E-state index is 14.8. The van der Waals surface area contributed by atoms with E-state index in [9.17, 15) is 13.9 Å². The van der Waals surface area contributed by atoms with E-state index >= 15 is 0 Å². The Labute approximate surface area is 213 Å². The summed E-state index contributed by atoms with van der Waals surface area (Å²) in [5.41, 5.74) is 0.836. The number of morpholine rings is 1. The van der Waals surface area contributed by atoms with Gasteiger partial charge in [-0.3, -0.25) is 0 Å². The van der Waals surface area contributed by atoms with E-state index in [2.05, 4.69) is 25.0 Å². The lowest BCUT2D eigenvalue weighted by Gasteiger charge is -2.31. The van der Waals surface area contributed by atoms with Gasteiger partial charge in [-0.15, -0.1) is 21.5 Å². The minimum absolute atomic E-state index is 0.0587. The summed E-state index contributed by atoms with van der Waals surface area (Å²) in [5, 5.41) is 20.2. The average molecular weight is 520 g/mol. The Kier molecular flexibility index (Phi) is 9.00. The Morgan fingerprint density at radius 1 is 1.03 bits per heavy atom. The smallest absolute Gasteiger partial charge is 0.239 e.